The van der Waals surface area contributed by atoms with E-state index in [1.165, 1.54) is 0 Å². The maximum absolute atomic E-state index is 12.7. The molecule has 0 aromatic carbocycles. The molecule has 1 saturated heterocycles. The fourth-order valence-corrected chi connectivity index (χ4v) is 3.84. The van der Waals surface area contributed by atoms with Crippen molar-refractivity contribution < 1.29 is 9.59 Å². The van der Waals surface area contributed by atoms with Crippen molar-refractivity contribution in [2.45, 2.75) is 64.5 Å². The molecule has 3 unspecified atom stereocenters. The van der Waals surface area contributed by atoms with Gasteiger partial charge in [-0.25, -0.2) is 0 Å². The van der Waals surface area contributed by atoms with Gasteiger partial charge in [0.2, 0.25) is 17.8 Å². The summed E-state index contributed by atoms with van der Waals surface area (Å²) in [6.07, 6.45) is 3.15. The first kappa shape index (κ1) is 17.4. The second-order valence-electron chi connectivity index (χ2n) is 6.89. The summed E-state index contributed by atoms with van der Waals surface area (Å²) in [4.78, 5) is 46.4. The topological polar surface area (TPSA) is 107 Å². The molecule has 2 aliphatic heterocycles. The van der Waals surface area contributed by atoms with Crippen LogP contribution in [0.25, 0.3) is 0 Å². The van der Waals surface area contributed by atoms with Crippen LogP contribution >= 0.6 is 0 Å². The molecule has 3 rings (SSSR count). The Balaban J connectivity index is 2.03. The Morgan fingerprint density at radius 1 is 1.28 bits per heavy atom. The number of rotatable bonds is 3. The molecule has 0 spiro atoms. The number of aromatic nitrogens is 2. The molecule has 3 atom stereocenters. The van der Waals surface area contributed by atoms with E-state index in [1.807, 2.05) is 0 Å². The second kappa shape index (κ2) is 6.85. The zero-order chi connectivity index (χ0) is 18.1. The molecule has 1 fully saturated rings. The zero-order valence-electron chi connectivity index (χ0n) is 14.9. The van der Waals surface area contributed by atoms with Crippen LogP contribution in [0.5, 0.6) is 0 Å². The highest BCUT2D eigenvalue weighted by molar-refractivity contribution is 6.00. The van der Waals surface area contributed by atoms with Gasteiger partial charge in [0.05, 0.1) is 11.5 Å². The van der Waals surface area contributed by atoms with Gasteiger partial charge in [-0.15, -0.1) is 0 Å². The molecule has 3 N–H and O–H groups in total. The molecule has 25 heavy (non-hydrogen) atoms. The molecule has 0 saturated carbocycles. The van der Waals surface area contributed by atoms with Crippen molar-refractivity contribution in [1.82, 2.24) is 15.3 Å². The van der Waals surface area contributed by atoms with Gasteiger partial charge in [0.25, 0.3) is 5.56 Å². The van der Waals surface area contributed by atoms with Crippen molar-refractivity contribution in [2.24, 2.45) is 0 Å². The normalized spacial score (nSPS) is 26.0. The van der Waals surface area contributed by atoms with Crippen LogP contribution in [0, 0.1) is 0 Å². The lowest BCUT2D eigenvalue weighted by Crippen LogP contribution is -2.46. The Morgan fingerprint density at radius 2 is 1.96 bits per heavy atom. The average molecular weight is 347 g/mol. The largest absolute Gasteiger partial charge is 0.356 e. The number of fused-ring (bicyclic) bond motifs is 1. The Labute approximate surface area is 146 Å². The lowest BCUT2D eigenvalue weighted by Gasteiger charge is -2.39. The number of hydrogen-bond donors (Lipinski definition) is 3. The zero-order valence-corrected chi connectivity index (χ0v) is 14.9. The molecule has 0 bridgehead atoms. The number of H-pyrrole nitrogens is 1. The van der Waals surface area contributed by atoms with Crippen LogP contribution in [0.3, 0.4) is 0 Å². The first-order chi connectivity index (χ1) is 11.9. The Morgan fingerprint density at radius 3 is 2.60 bits per heavy atom. The van der Waals surface area contributed by atoms with Crippen molar-refractivity contribution in [3.05, 3.63) is 15.9 Å². The van der Waals surface area contributed by atoms with Gasteiger partial charge in [0.15, 0.2) is 0 Å². The molecule has 1 aromatic heterocycles. The van der Waals surface area contributed by atoms with Crippen LogP contribution in [0.1, 0.15) is 57.9 Å². The lowest BCUT2D eigenvalue weighted by molar-refractivity contribution is -0.126. The lowest BCUT2D eigenvalue weighted by atomic mass is 9.92. The summed E-state index contributed by atoms with van der Waals surface area (Å²) < 4.78 is 0. The van der Waals surface area contributed by atoms with E-state index >= 15 is 0 Å². The van der Waals surface area contributed by atoms with Crippen LogP contribution in [0.2, 0.25) is 0 Å². The Hall–Kier alpha value is -2.38. The van der Waals surface area contributed by atoms with Crippen molar-refractivity contribution in [3.63, 3.8) is 0 Å². The van der Waals surface area contributed by atoms with Crippen molar-refractivity contribution in [1.29, 1.82) is 0 Å². The number of anilines is 2. The van der Waals surface area contributed by atoms with E-state index in [9.17, 15) is 14.4 Å². The van der Waals surface area contributed by atoms with Crippen molar-refractivity contribution in [2.75, 3.05) is 16.8 Å². The molecule has 8 nitrogen and oxygen atoms in total. The second-order valence-corrected chi connectivity index (χ2v) is 6.89. The number of carbonyl (C=O) groups is 2. The standard InChI is InChI=1S/C17H25N5O3/c1-4-18-15(24)11-8-12(23)19-14-13(11)16(25)21-17(20-14)22-9(2)6-5-7-10(22)3/h9-11H,4-8H2,1-3H3,(H,18,24)(H2,19,20,21,23,25). The molecule has 3 heterocycles. The number of hydrogen-bond acceptors (Lipinski definition) is 5. The highest BCUT2D eigenvalue weighted by atomic mass is 16.2. The van der Waals surface area contributed by atoms with Crippen LogP contribution in [-0.4, -0.2) is 40.4 Å². The summed E-state index contributed by atoms with van der Waals surface area (Å²) in [7, 11) is 0. The van der Waals surface area contributed by atoms with Crippen molar-refractivity contribution in [3.8, 4) is 0 Å². The molecule has 0 radical (unpaired) electrons. The molecular weight excluding hydrogens is 322 g/mol. The van der Waals surface area contributed by atoms with Gasteiger partial charge in [0, 0.05) is 25.0 Å². The quantitative estimate of drug-likeness (QED) is 0.759. The smallest absolute Gasteiger partial charge is 0.258 e. The number of aromatic amines is 1. The van der Waals surface area contributed by atoms with Crippen LogP contribution in [0.15, 0.2) is 4.79 Å². The van der Waals surface area contributed by atoms with E-state index in [0.29, 0.717) is 12.5 Å². The maximum Gasteiger partial charge on any atom is 0.258 e. The van der Waals surface area contributed by atoms with Gasteiger partial charge in [0.1, 0.15) is 5.82 Å². The fraction of sp³-hybridized carbons (Fsp3) is 0.647. The van der Waals surface area contributed by atoms with E-state index in [4.69, 9.17) is 0 Å². The third-order valence-electron chi connectivity index (χ3n) is 5.04. The summed E-state index contributed by atoms with van der Waals surface area (Å²) in [6, 6.07) is 0.506. The molecule has 8 heteroatoms. The highest BCUT2D eigenvalue weighted by Crippen LogP contribution is 2.31. The van der Waals surface area contributed by atoms with E-state index < -0.39 is 5.92 Å². The summed E-state index contributed by atoms with van der Waals surface area (Å²) in [6.45, 7) is 6.45. The molecule has 136 valence electrons. The number of likely N-dealkylation sites (N-methyl/N-ethyl adjacent to an activating group) is 1. The third kappa shape index (κ3) is 3.25. The minimum atomic E-state index is -0.801. The highest BCUT2D eigenvalue weighted by Gasteiger charge is 2.36. The number of piperidine rings is 1. The molecule has 2 amide bonds. The Bertz CT molecular complexity index is 734. The molecule has 0 aliphatic carbocycles. The minimum absolute atomic E-state index is 0.0422. The van der Waals surface area contributed by atoms with Crippen LogP contribution in [0.4, 0.5) is 11.8 Å². The summed E-state index contributed by atoms with van der Waals surface area (Å²) >= 11 is 0. The van der Waals surface area contributed by atoms with Gasteiger partial charge < -0.3 is 15.5 Å². The fourth-order valence-electron chi connectivity index (χ4n) is 3.84. The third-order valence-corrected chi connectivity index (χ3v) is 5.04. The van der Waals surface area contributed by atoms with Gasteiger partial charge in [-0.1, -0.05) is 0 Å². The van der Waals surface area contributed by atoms with Gasteiger partial charge in [-0.2, -0.15) is 4.98 Å². The summed E-state index contributed by atoms with van der Waals surface area (Å²) in [5.41, 5.74) is -0.118. The van der Waals surface area contributed by atoms with Gasteiger partial charge >= 0.3 is 0 Å². The predicted molar refractivity (Wildman–Crippen MR) is 94.8 cm³/mol. The average Bonchev–Trinajstić information content (AvgIpc) is 2.53. The summed E-state index contributed by atoms with van der Waals surface area (Å²) in [5, 5.41) is 5.35. The molecular formula is C17H25N5O3. The van der Waals surface area contributed by atoms with E-state index in [-0.39, 0.29) is 47.3 Å². The van der Waals surface area contributed by atoms with E-state index in [1.54, 1.807) is 6.92 Å². The number of nitrogens with zero attached hydrogens (tertiary/aromatic N) is 2. The van der Waals surface area contributed by atoms with Gasteiger partial charge in [-0.05, 0) is 40.0 Å². The minimum Gasteiger partial charge on any atom is -0.356 e. The maximum atomic E-state index is 12.7. The monoisotopic (exact) mass is 347 g/mol. The number of amides is 2. The molecule has 1 aromatic rings. The number of nitrogens with one attached hydrogen (secondary N) is 3. The van der Waals surface area contributed by atoms with Crippen LogP contribution in [-0.2, 0) is 9.59 Å². The SMILES string of the molecule is CCNC(=O)C1CC(=O)Nc2nc(N3C(C)CCCC3C)[nH]c(=O)c21. The summed E-state index contributed by atoms with van der Waals surface area (Å²) in [5.74, 6) is -0.757. The Kier molecular flexibility index (Phi) is 4.78. The van der Waals surface area contributed by atoms with E-state index in [2.05, 4.69) is 39.3 Å². The first-order valence-electron chi connectivity index (χ1n) is 8.92. The van der Waals surface area contributed by atoms with E-state index in [0.717, 1.165) is 19.3 Å². The molecule has 2 aliphatic rings. The van der Waals surface area contributed by atoms with Crippen LogP contribution < -0.4 is 21.1 Å². The van der Waals surface area contributed by atoms with Crippen molar-refractivity contribution >= 4 is 23.6 Å². The number of carbonyl (C=O) groups excluding carboxylic acids is 2. The van der Waals surface area contributed by atoms with Gasteiger partial charge in [-0.3, -0.25) is 19.4 Å². The predicted octanol–water partition coefficient (Wildman–Crippen LogP) is 1.10. The first-order valence-corrected chi connectivity index (χ1v) is 8.92.